The lowest BCUT2D eigenvalue weighted by Crippen LogP contribution is -2.05. The number of aliphatic carboxylic acids is 1. The van der Waals surface area contributed by atoms with Crippen LogP contribution in [0.4, 0.5) is 0 Å². The summed E-state index contributed by atoms with van der Waals surface area (Å²) in [5.41, 5.74) is 2.08. The largest absolute Gasteiger partial charge is 0.493 e. The van der Waals surface area contributed by atoms with Crippen molar-refractivity contribution in [2.24, 2.45) is 0 Å². The fourth-order valence-electron chi connectivity index (χ4n) is 2.27. The van der Waals surface area contributed by atoms with Gasteiger partial charge in [-0.05, 0) is 40.6 Å². The number of aryl methyl sites for hydroxylation is 1. The van der Waals surface area contributed by atoms with Crippen LogP contribution in [0, 0.1) is 0 Å². The molecule has 0 fully saturated rings. The van der Waals surface area contributed by atoms with E-state index in [1.807, 2.05) is 18.2 Å². The number of carbonyl (C=O) groups is 1. The summed E-state index contributed by atoms with van der Waals surface area (Å²) in [6.07, 6.45) is 1.50. The molecule has 1 N–H and O–H groups in total. The van der Waals surface area contributed by atoms with Crippen LogP contribution < -0.4 is 4.74 Å². The van der Waals surface area contributed by atoms with Gasteiger partial charge in [0, 0.05) is 24.9 Å². The van der Waals surface area contributed by atoms with Gasteiger partial charge in [-0.3, -0.25) is 4.79 Å². The van der Waals surface area contributed by atoms with Gasteiger partial charge in [0.1, 0.15) is 5.75 Å². The van der Waals surface area contributed by atoms with Gasteiger partial charge in [0.2, 0.25) is 0 Å². The van der Waals surface area contributed by atoms with Crippen LogP contribution in [0.25, 0.3) is 11.4 Å². The topological polar surface area (TPSA) is 90.1 Å². The zero-order chi connectivity index (χ0) is 13.9. The molecule has 0 amide bonds. The van der Waals surface area contributed by atoms with Crippen molar-refractivity contribution in [3.05, 3.63) is 23.8 Å². The van der Waals surface area contributed by atoms with Crippen LogP contribution >= 0.6 is 0 Å². The second kappa shape index (κ2) is 5.28. The smallest absolute Gasteiger partial charge is 0.303 e. The highest BCUT2D eigenvalue weighted by atomic mass is 16.5. The van der Waals surface area contributed by atoms with Gasteiger partial charge < -0.3 is 9.84 Å². The molecule has 0 aliphatic carbocycles. The summed E-state index contributed by atoms with van der Waals surface area (Å²) in [7, 11) is 0. The van der Waals surface area contributed by atoms with E-state index < -0.39 is 5.97 Å². The van der Waals surface area contributed by atoms with Gasteiger partial charge >= 0.3 is 5.97 Å². The first-order valence-corrected chi connectivity index (χ1v) is 6.48. The summed E-state index contributed by atoms with van der Waals surface area (Å²) >= 11 is 0. The summed E-state index contributed by atoms with van der Waals surface area (Å²) in [6, 6.07) is 5.87. The first kappa shape index (κ1) is 12.6. The van der Waals surface area contributed by atoms with Gasteiger partial charge in [0.05, 0.1) is 6.61 Å². The Balaban J connectivity index is 1.80. The van der Waals surface area contributed by atoms with Crippen molar-refractivity contribution in [2.75, 3.05) is 6.61 Å². The molecule has 2 aromatic rings. The number of hydrogen-bond acceptors (Lipinski definition) is 5. The van der Waals surface area contributed by atoms with Crippen molar-refractivity contribution < 1.29 is 14.6 Å². The number of nitrogens with zero attached hydrogens (tertiary/aromatic N) is 4. The molecular weight excluding hydrogens is 260 g/mol. The van der Waals surface area contributed by atoms with Gasteiger partial charge in [-0.25, -0.2) is 4.68 Å². The number of aromatic nitrogens is 4. The lowest BCUT2D eigenvalue weighted by molar-refractivity contribution is -0.137. The van der Waals surface area contributed by atoms with Crippen LogP contribution in [0.5, 0.6) is 5.75 Å². The molecule has 0 saturated carbocycles. The monoisotopic (exact) mass is 274 g/mol. The summed E-state index contributed by atoms with van der Waals surface area (Å²) in [5.74, 6) is 0.762. The van der Waals surface area contributed by atoms with E-state index in [4.69, 9.17) is 9.84 Å². The Morgan fingerprint density at radius 2 is 2.35 bits per heavy atom. The molecule has 1 aromatic carbocycles. The number of carboxylic acid groups (broad SMARTS) is 1. The van der Waals surface area contributed by atoms with Gasteiger partial charge in [-0.15, -0.1) is 5.10 Å². The van der Waals surface area contributed by atoms with Crippen molar-refractivity contribution in [2.45, 2.75) is 25.8 Å². The third-order valence-corrected chi connectivity index (χ3v) is 3.24. The van der Waals surface area contributed by atoms with E-state index in [9.17, 15) is 4.79 Å². The second-order valence-electron chi connectivity index (χ2n) is 4.64. The number of hydrogen-bond donors (Lipinski definition) is 1. The molecule has 0 saturated heterocycles. The normalized spacial score (nSPS) is 13.0. The predicted molar refractivity (Wildman–Crippen MR) is 69.3 cm³/mol. The summed E-state index contributed by atoms with van der Waals surface area (Å²) in [4.78, 5) is 10.5. The minimum atomic E-state index is -0.811. The zero-order valence-electron chi connectivity index (χ0n) is 10.8. The highest BCUT2D eigenvalue weighted by molar-refractivity contribution is 5.66. The number of fused-ring (bicyclic) bond motifs is 1. The van der Waals surface area contributed by atoms with Crippen LogP contribution in [-0.2, 0) is 17.8 Å². The Labute approximate surface area is 115 Å². The number of tetrazole rings is 1. The summed E-state index contributed by atoms with van der Waals surface area (Å²) in [5, 5.41) is 20.3. The van der Waals surface area contributed by atoms with Crippen LogP contribution in [0.2, 0.25) is 0 Å². The van der Waals surface area contributed by atoms with E-state index in [0.29, 0.717) is 25.4 Å². The highest BCUT2D eigenvalue weighted by Gasteiger charge is 2.15. The number of ether oxygens (including phenoxy) is 1. The minimum Gasteiger partial charge on any atom is -0.493 e. The SMILES string of the molecule is O=C(O)CCCn1nnnc1-c1ccc2c(c1)CCO2. The van der Waals surface area contributed by atoms with Crippen LogP contribution in [0.3, 0.4) is 0 Å². The molecule has 0 bridgehead atoms. The fraction of sp³-hybridized carbons (Fsp3) is 0.385. The summed E-state index contributed by atoms with van der Waals surface area (Å²) in [6.45, 7) is 1.20. The predicted octanol–water partition coefficient (Wildman–Crippen LogP) is 1.14. The molecule has 7 heteroatoms. The van der Waals surface area contributed by atoms with Crippen LogP contribution in [0.15, 0.2) is 18.2 Å². The quantitative estimate of drug-likeness (QED) is 0.879. The molecule has 0 spiro atoms. The lowest BCUT2D eigenvalue weighted by Gasteiger charge is -2.05. The maximum Gasteiger partial charge on any atom is 0.303 e. The van der Waals surface area contributed by atoms with Gasteiger partial charge in [-0.2, -0.15) is 0 Å². The lowest BCUT2D eigenvalue weighted by atomic mass is 10.1. The van der Waals surface area contributed by atoms with Crippen molar-refractivity contribution in [1.29, 1.82) is 0 Å². The zero-order valence-corrected chi connectivity index (χ0v) is 10.8. The van der Waals surface area contributed by atoms with E-state index in [1.54, 1.807) is 4.68 Å². The molecule has 1 aliphatic heterocycles. The molecule has 104 valence electrons. The fourth-order valence-corrected chi connectivity index (χ4v) is 2.27. The van der Waals surface area contributed by atoms with Crippen molar-refractivity contribution in [1.82, 2.24) is 20.2 Å². The molecule has 3 rings (SSSR count). The van der Waals surface area contributed by atoms with E-state index in [0.717, 1.165) is 23.3 Å². The van der Waals surface area contributed by atoms with Crippen LogP contribution in [0.1, 0.15) is 18.4 Å². The Hall–Kier alpha value is -2.44. The number of carboxylic acids is 1. The van der Waals surface area contributed by atoms with Crippen LogP contribution in [-0.4, -0.2) is 37.9 Å². The maximum atomic E-state index is 10.5. The van der Waals surface area contributed by atoms with Gasteiger partial charge in [0.25, 0.3) is 0 Å². The Morgan fingerprint density at radius 3 is 3.20 bits per heavy atom. The second-order valence-corrected chi connectivity index (χ2v) is 4.64. The third-order valence-electron chi connectivity index (χ3n) is 3.24. The number of benzene rings is 1. The van der Waals surface area contributed by atoms with Crippen molar-refractivity contribution >= 4 is 5.97 Å². The molecule has 0 radical (unpaired) electrons. The average Bonchev–Trinajstić information content (AvgIpc) is 3.05. The highest BCUT2D eigenvalue weighted by Crippen LogP contribution is 2.29. The standard InChI is InChI=1S/C13H14N4O3/c18-12(19)2-1-6-17-13(14-15-16-17)10-3-4-11-9(8-10)5-7-20-11/h3-4,8H,1-2,5-7H2,(H,18,19). The van der Waals surface area contributed by atoms with E-state index >= 15 is 0 Å². The van der Waals surface area contributed by atoms with Gasteiger partial charge in [0.15, 0.2) is 5.82 Å². The molecule has 1 aromatic heterocycles. The third kappa shape index (κ3) is 2.47. The molecule has 1 aliphatic rings. The molecule has 20 heavy (non-hydrogen) atoms. The minimum absolute atomic E-state index is 0.108. The molecule has 0 atom stereocenters. The Bertz CT molecular complexity index is 638. The Morgan fingerprint density at radius 1 is 1.45 bits per heavy atom. The molecule has 2 heterocycles. The maximum absolute atomic E-state index is 10.5. The first-order chi connectivity index (χ1) is 9.74. The van der Waals surface area contributed by atoms with E-state index in [2.05, 4.69) is 15.5 Å². The molecule has 0 unspecified atom stereocenters. The molecular formula is C13H14N4O3. The average molecular weight is 274 g/mol. The van der Waals surface area contributed by atoms with Gasteiger partial charge in [-0.1, -0.05) is 0 Å². The van der Waals surface area contributed by atoms with Crippen molar-refractivity contribution in [3.8, 4) is 17.1 Å². The molecule has 7 nitrogen and oxygen atoms in total. The van der Waals surface area contributed by atoms with Crippen molar-refractivity contribution in [3.63, 3.8) is 0 Å². The Kier molecular flexibility index (Phi) is 3.32. The number of rotatable bonds is 5. The first-order valence-electron chi connectivity index (χ1n) is 6.48. The summed E-state index contributed by atoms with van der Waals surface area (Å²) < 4.78 is 7.11. The van der Waals surface area contributed by atoms with E-state index in [-0.39, 0.29) is 6.42 Å². The van der Waals surface area contributed by atoms with E-state index in [1.165, 1.54) is 0 Å².